The molecule has 2 nitrogen and oxygen atoms in total. The van der Waals surface area contributed by atoms with Gasteiger partial charge in [0.05, 0.1) is 0 Å². The van der Waals surface area contributed by atoms with Crippen molar-refractivity contribution >= 4 is 11.6 Å². The largest absolute Gasteiger partial charge is 0.381 e. The average molecular weight is 234 g/mol. The first kappa shape index (κ1) is 13.3. The molecule has 1 fully saturated rings. The maximum atomic E-state index is 5.64. The lowest BCUT2D eigenvalue weighted by Crippen LogP contribution is -2.37. The molecule has 15 heavy (non-hydrogen) atoms. The zero-order valence-electron chi connectivity index (χ0n) is 9.88. The molecular formula is C12H24ClNO. The Balaban J connectivity index is 1.99. The maximum Gasteiger partial charge on any atom is 0.0480 e. The highest BCUT2D eigenvalue weighted by molar-refractivity contribution is 6.17. The van der Waals surface area contributed by atoms with Crippen LogP contribution in [-0.2, 0) is 4.74 Å². The van der Waals surface area contributed by atoms with Gasteiger partial charge in [0.1, 0.15) is 0 Å². The molecule has 0 amide bonds. The van der Waals surface area contributed by atoms with Gasteiger partial charge in [-0.25, -0.2) is 0 Å². The van der Waals surface area contributed by atoms with Crippen LogP contribution in [0.2, 0.25) is 0 Å². The van der Waals surface area contributed by atoms with Crippen LogP contribution in [0, 0.1) is 0 Å². The van der Waals surface area contributed by atoms with Gasteiger partial charge in [-0.3, -0.25) is 0 Å². The molecule has 0 unspecified atom stereocenters. The Hall–Kier alpha value is 0.210. The molecule has 0 aromatic rings. The third-order valence-electron chi connectivity index (χ3n) is 3.21. The fourth-order valence-corrected chi connectivity index (χ4v) is 2.31. The molecule has 0 bridgehead atoms. The minimum absolute atomic E-state index is 0.756. The second-order valence-corrected chi connectivity index (χ2v) is 4.81. The van der Waals surface area contributed by atoms with E-state index in [4.69, 9.17) is 16.3 Å². The summed E-state index contributed by atoms with van der Waals surface area (Å²) in [7, 11) is 2.25. The second kappa shape index (κ2) is 8.37. The summed E-state index contributed by atoms with van der Waals surface area (Å²) in [5.74, 6) is 0.815. The number of unbranched alkanes of at least 4 members (excludes halogenated alkanes) is 3. The van der Waals surface area contributed by atoms with Crippen LogP contribution in [0.1, 0.15) is 38.5 Å². The normalized spacial score (nSPS) is 18.6. The summed E-state index contributed by atoms with van der Waals surface area (Å²) in [4.78, 5) is 2.50. The summed E-state index contributed by atoms with van der Waals surface area (Å²) in [6, 6.07) is 0.756. The van der Waals surface area contributed by atoms with Gasteiger partial charge < -0.3 is 9.64 Å². The number of ether oxygens (including phenoxy) is 1. The van der Waals surface area contributed by atoms with Gasteiger partial charge in [0.15, 0.2) is 0 Å². The fraction of sp³-hybridized carbons (Fsp3) is 1.00. The Bertz CT molecular complexity index is 149. The molecule has 0 radical (unpaired) electrons. The molecule has 0 N–H and O–H groups in total. The van der Waals surface area contributed by atoms with Crippen molar-refractivity contribution in [3.63, 3.8) is 0 Å². The Morgan fingerprint density at radius 1 is 1.13 bits per heavy atom. The third kappa shape index (κ3) is 5.74. The van der Waals surface area contributed by atoms with Gasteiger partial charge in [-0.1, -0.05) is 12.8 Å². The topological polar surface area (TPSA) is 12.5 Å². The van der Waals surface area contributed by atoms with E-state index in [9.17, 15) is 0 Å². The number of nitrogens with zero attached hydrogens (tertiary/aromatic N) is 1. The van der Waals surface area contributed by atoms with Gasteiger partial charge in [-0.05, 0) is 39.3 Å². The minimum Gasteiger partial charge on any atom is -0.381 e. The average Bonchev–Trinajstić information content (AvgIpc) is 2.30. The van der Waals surface area contributed by atoms with Gasteiger partial charge in [0.2, 0.25) is 0 Å². The van der Waals surface area contributed by atoms with Crippen molar-refractivity contribution in [1.29, 1.82) is 0 Å². The van der Waals surface area contributed by atoms with Crippen LogP contribution in [0.25, 0.3) is 0 Å². The summed E-state index contributed by atoms with van der Waals surface area (Å²) in [6.45, 7) is 3.12. The number of hydrogen-bond acceptors (Lipinski definition) is 2. The van der Waals surface area contributed by atoms with E-state index in [-0.39, 0.29) is 0 Å². The lowest BCUT2D eigenvalue weighted by molar-refractivity contribution is 0.0426. The van der Waals surface area contributed by atoms with E-state index in [1.165, 1.54) is 45.1 Å². The third-order valence-corrected chi connectivity index (χ3v) is 3.48. The van der Waals surface area contributed by atoms with E-state index < -0.39 is 0 Å². The van der Waals surface area contributed by atoms with Crippen LogP contribution in [0.15, 0.2) is 0 Å². The number of halogens is 1. The number of hydrogen-bond donors (Lipinski definition) is 0. The van der Waals surface area contributed by atoms with E-state index in [1.807, 2.05) is 0 Å². The zero-order valence-corrected chi connectivity index (χ0v) is 10.6. The molecular weight excluding hydrogens is 210 g/mol. The molecule has 0 aromatic heterocycles. The molecule has 0 aromatic carbocycles. The zero-order chi connectivity index (χ0) is 10.9. The number of alkyl halides is 1. The summed E-state index contributed by atoms with van der Waals surface area (Å²) in [5.41, 5.74) is 0. The highest BCUT2D eigenvalue weighted by Gasteiger charge is 2.17. The molecule has 1 rings (SSSR count). The van der Waals surface area contributed by atoms with Crippen LogP contribution in [0.3, 0.4) is 0 Å². The van der Waals surface area contributed by atoms with E-state index in [1.54, 1.807) is 0 Å². The SMILES string of the molecule is CN(CCCCCCCl)C1CCOCC1. The van der Waals surface area contributed by atoms with Crippen molar-refractivity contribution in [2.45, 2.75) is 44.6 Å². The smallest absolute Gasteiger partial charge is 0.0480 e. The van der Waals surface area contributed by atoms with Gasteiger partial charge in [0.25, 0.3) is 0 Å². The molecule has 3 heteroatoms. The lowest BCUT2D eigenvalue weighted by atomic mass is 10.1. The quantitative estimate of drug-likeness (QED) is 0.495. The van der Waals surface area contributed by atoms with Crippen molar-refractivity contribution in [3.05, 3.63) is 0 Å². The van der Waals surface area contributed by atoms with Crippen molar-refractivity contribution in [2.24, 2.45) is 0 Å². The van der Waals surface area contributed by atoms with Crippen molar-refractivity contribution in [2.75, 3.05) is 32.7 Å². The molecule has 1 heterocycles. The maximum absolute atomic E-state index is 5.64. The molecule has 0 atom stereocenters. The molecule has 0 spiro atoms. The van der Waals surface area contributed by atoms with E-state index in [0.29, 0.717) is 0 Å². The first-order valence-electron chi connectivity index (χ1n) is 6.18. The highest BCUT2D eigenvalue weighted by Crippen LogP contribution is 2.13. The van der Waals surface area contributed by atoms with Crippen LogP contribution in [0.5, 0.6) is 0 Å². The summed E-state index contributed by atoms with van der Waals surface area (Å²) < 4.78 is 5.37. The molecule has 1 saturated heterocycles. The van der Waals surface area contributed by atoms with E-state index >= 15 is 0 Å². The Morgan fingerprint density at radius 3 is 2.47 bits per heavy atom. The predicted molar refractivity (Wildman–Crippen MR) is 65.7 cm³/mol. The van der Waals surface area contributed by atoms with Gasteiger partial charge in [-0.2, -0.15) is 0 Å². The molecule has 0 aliphatic carbocycles. The van der Waals surface area contributed by atoms with E-state index in [0.717, 1.165) is 25.1 Å². The van der Waals surface area contributed by atoms with Crippen molar-refractivity contribution in [1.82, 2.24) is 4.90 Å². The predicted octanol–water partition coefficient (Wildman–Crippen LogP) is 2.90. The molecule has 1 aliphatic rings. The van der Waals surface area contributed by atoms with Crippen LogP contribution in [-0.4, -0.2) is 43.6 Å². The Labute approximate surface area is 98.9 Å². The summed E-state index contributed by atoms with van der Waals surface area (Å²) in [6.07, 6.45) is 7.50. The Morgan fingerprint density at radius 2 is 1.80 bits per heavy atom. The van der Waals surface area contributed by atoms with Gasteiger partial charge in [0, 0.05) is 25.1 Å². The molecule has 1 aliphatic heterocycles. The van der Waals surface area contributed by atoms with Gasteiger partial charge >= 0.3 is 0 Å². The minimum atomic E-state index is 0.756. The van der Waals surface area contributed by atoms with Crippen LogP contribution in [0.4, 0.5) is 0 Å². The summed E-state index contributed by atoms with van der Waals surface area (Å²) >= 11 is 5.64. The molecule has 90 valence electrons. The van der Waals surface area contributed by atoms with Crippen LogP contribution >= 0.6 is 11.6 Å². The lowest BCUT2D eigenvalue weighted by Gasteiger charge is -2.31. The second-order valence-electron chi connectivity index (χ2n) is 4.43. The van der Waals surface area contributed by atoms with Crippen LogP contribution < -0.4 is 0 Å². The summed E-state index contributed by atoms with van der Waals surface area (Å²) in [5, 5.41) is 0. The molecule has 0 saturated carbocycles. The Kier molecular flexibility index (Phi) is 7.41. The monoisotopic (exact) mass is 233 g/mol. The van der Waals surface area contributed by atoms with E-state index in [2.05, 4.69) is 11.9 Å². The fourth-order valence-electron chi connectivity index (χ4n) is 2.12. The van der Waals surface area contributed by atoms with Crippen molar-refractivity contribution in [3.8, 4) is 0 Å². The van der Waals surface area contributed by atoms with Gasteiger partial charge in [-0.15, -0.1) is 11.6 Å². The standard InChI is InChI=1S/C12H24ClNO/c1-14(9-5-3-2-4-8-13)12-6-10-15-11-7-12/h12H,2-11H2,1H3. The first-order valence-corrected chi connectivity index (χ1v) is 6.72. The van der Waals surface area contributed by atoms with Crippen molar-refractivity contribution < 1.29 is 4.74 Å². The highest BCUT2D eigenvalue weighted by atomic mass is 35.5. The first-order chi connectivity index (χ1) is 7.34. The number of rotatable bonds is 7.